The Labute approximate surface area is 94.0 Å². The summed E-state index contributed by atoms with van der Waals surface area (Å²) in [6, 6.07) is 4.62. The number of rotatable bonds is 6. The van der Waals surface area contributed by atoms with Crippen molar-refractivity contribution in [1.82, 2.24) is 5.32 Å². The Morgan fingerprint density at radius 2 is 2.00 bits per heavy atom. The van der Waals surface area contributed by atoms with E-state index in [0.29, 0.717) is 13.0 Å². The smallest absolute Gasteiger partial charge is 0.157 e. The van der Waals surface area contributed by atoms with Crippen LogP contribution in [0.2, 0.25) is 0 Å². The van der Waals surface area contributed by atoms with Crippen LogP contribution in [-0.2, 0) is 11.5 Å². The number of aliphatic hydroxyl groups excluding tert-OH is 1. The van der Waals surface area contributed by atoms with Crippen LogP contribution in [0.15, 0.2) is 18.2 Å². The lowest BCUT2D eigenvalue weighted by molar-refractivity contribution is 0.0557. The van der Waals surface area contributed by atoms with Crippen molar-refractivity contribution < 1.29 is 20.4 Å². The van der Waals surface area contributed by atoms with Gasteiger partial charge < -0.3 is 20.6 Å². The van der Waals surface area contributed by atoms with Gasteiger partial charge >= 0.3 is 0 Å². The van der Waals surface area contributed by atoms with Gasteiger partial charge in [-0.1, -0.05) is 6.07 Å². The highest BCUT2D eigenvalue weighted by atomic mass is 16.3. The van der Waals surface area contributed by atoms with Crippen LogP contribution in [0.5, 0.6) is 11.5 Å². The van der Waals surface area contributed by atoms with Crippen molar-refractivity contribution in [1.29, 1.82) is 0 Å². The van der Waals surface area contributed by atoms with E-state index in [9.17, 15) is 10.2 Å². The highest BCUT2D eigenvalue weighted by Gasteiger charge is 2.03. The second-order valence-electron chi connectivity index (χ2n) is 3.60. The molecule has 0 aliphatic heterocycles. The van der Waals surface area contributed by atoms with Gasteiger partial charge in [-0.3, -0.25) is 0 Å². The van der Waals surface area contributed by atoms with Crippen LogP contribution in [-0.4, -0.2) is 41.1 Å². The molecule has 89 valence electrons. The van der Waals surface area contributed by atoms with Crippen LogP contribution in [0.4, 0.5) is 0 Å². The van der Waals surface area contributed by atoms with Gasteiger partial charge in [0, 0.05) is 6.54 Å². The third-order valence-electron chi connectivity index (χ3n) is 2.20. The molecule has 1 radical (unpaired) electrons. The molecule has 0 fully saturated rings. The Morgan fingerprint density at radius 3 is 2.62 bits per heavy atom. The van der Waals surface area contributed by atoms with E-state index in [1.165, 1.54) is 12.1 Å². The Balaban J connectivity index is 2.29. The lowest BCUT2D eigenvalue weighted by Gasteiger charge is -2.08. The molecule has 0 heterocycles. The maximum atomic E-state index is 10.2. The van der Waals surface area contributed by atoms with Gasteiger partial charge in [-0.15, -0.1) is 0 Å². The topological polar surface area (TPSA) is 92.6 Å². The van der Waals surface area contributed by atoms with E-state index in [1.54, 1.807) is 6.07 Å². The summed E-state index contributed by atoms with van der Waals surface area (Å²) in [5.74, 6) is -0.282. The molecule has 16 heavy (non-hydrogen) atoms. The third kappa shape index (κ3) is 4.06. The molecule has 1 unspecified atom stereocenters. The second-order valence-corrected chi connectivity index (χ2v) is 3.60. The van der Waals surface area contributed by atoms with Crippen LogP contribution in [0, 0.1) is 0 Å². The van der Waals surface area contributed by atoms with Gasteiger partial charge in [-0.05, 0) is 30.7 Å². The molecule has 0 aromatic heterocycles. The molecule has 1 rings (SSSR count). The normalized spacial score (nSPS) is 12.6. The molecule has 0 spiro atoms. The van der Waals surface area contributed by atoms with E-state index in [1.807, 2.05) is 0 Å². The Kier molecular flexibility index (Phi) is 5.04. The van der Waals surface area contributed by atoms with Crippen molar-refractivity contribution in [3.8, 4) is 11.5 Å². The summed E-state index contributed by atoms with van der Waals surface area (Å²) in [5.41, 5.74) is 0.874. The zero-order chi connectivity index (χ0) is 12.0. The minimum atomic E-state index is -0.853. The van der Waals surface area contributed by atoms with Crippen molar-refractivity contribution in [2.24, 2.45) is 0 Å². The number of hydrogen-bond acceptors (Lipinski definition) is 4. The van der Waals surface area contributed by atoms with Gasteiger partial charge in [-0.25, -0.2) is 5.11 Å². The second kappa shape index (κ2) is 6.32. The number of nitrogens with one attached hydrogen (secondary N) is 1. The molecular formula is C11H16NO4. The first-order valence-corrected chi connectivity index (χ1v) is 5.11. The monoisotopic (exact) mass is 226 g/mol. The summed E-state index contributed by atoms with van der Waals surface area (Å²) < 4.78 is 0. The van der Waals surface area contributed by atoms with E-state index in [4.69, 9.17) is 10.2 Å². The summed E-state index contributed by atoms with van der Waals surface area (Å²) in [6.45, 7) is 0.363. The minimum Gasteiger partial charge on any atom is -0.504 e. The van der Waals surface area contributed by atoms with Gasteiger partial charge in [0.1, 0.15) is 6.61 Å². The first-order valence-electron chi connectivity index (χ1n) is 5.11. The zero-order valence-electron chi connectivity index (χ0n) is 8.89. The fourth-order valence-corrected chi connectivity index (χ4v) is 1.28. The number of phenols is 2. The lowest BCUT2D eigenvalue weighted by atomic mass is 10.1. The highest BCUT2D eigenvalue weighted by Crippen LogP contribution is 2.24. The molecule has 1 atom stereocenters. The first-order chi connectivity index (χ1) is 7.63. The first kappa shape index (κ1) is 12.8. The number of aromatic hydroxyl groups is 2. The van der Waals surface area contributed by atoms with E-state index >= 15 is 0 Å². The quantitative estimate of drug-likeness (QED) is 0.406. The maximum absolute atomic E-state index is 10.2. The highest BCUT2D eigenvalue weighted by molar-refractivity contribution is 5.40. The molecule has 0 aliphatic carbocycles. The lowest BCUT2D eigenvalue weighted by Crippen LogP contribution is -2.30. The maximum Gasteiger partial charge on any atom is 0.157 e. The third-order valence-corrected chi connectivity index (χ3v) is 2.20. The van der Waals surface area contributed by atoms with Gasteiger partial charge in [0.2, 0.25) is 0 Å². The average molecular weight is 226 g/mol. The molecule has 5 heteroatoms. The molecule has 0 bridgehead atoms. The zero-order valence-corrected chi connectivity index (χ0v) is 8.89. The Hall–Kier alpha value is -1.30. The predicted octanol–water partition coefficient (Wildman–Crippen LogP) is 0.0213. The predicted molar refractivity (Wildman–Crippen MR) is 57.9 cm³/mol. The molecule has 0 aliphatic rings. The number of aliphatic hydroxyl groups is 1. The minimum absolute atomic E-state index is 0.140. The van der Waals surface area contributed by atoms with Crippen molar-refractivity contribution in [2.75, 3.05) is 19.7 Å². The summed E-state index contributed by atoms with van der Waals surface area (Å²) in [4.78, 5) is 0. The van der Waals surface area contributed by atoms with Crippen molar-refractivity contribution in [2.45, 2.75) is 12.5 Å². The molecular weight excluding hydrogens is 210 g/mol. The Morgan fingerprint density at radius 1 is 1.25 bits per heavy atom. The number of phenolic OH excluding ortho intramolecular Hbond substituents is 2. The molecule has 0 saturated heterocycles. The van der Waals surface area contributed by atoms with E-state index in [2.05, 4.69) is 5.32 Å². The summed E-state index contributed by atoms with van der Waals surface area (Å²) in [7, 11) is 0. The van der Waals surface area contributed by atoms with Crippen LogP contribution in [0.3, 0.4) is 0 Å². The van der Waals surface area contributed by atoms with Gasteiger partial charge in [0.05, 0.1) is 6.10 Å². The Bertz CT molecular complexity index is 330. The van der Waals surface area contributed by atoms with E-state index < -0.39 is 12.7 Å². The van der Waals surface area contributed by atoms with E-state index in [0.717, 1.165) is 5.56 Å². The number of hydrogen-bond donors (Lipinski definition) is 4. The fraction of sp³-hybridized carbons (Fsp3) is 0.455. The van der Waals surface area contributed by atoms with Crippen LogP contribution in [0.25, 0.3) is 0 Å². The molecule has 0 amide bonds. The molecule has 4 N–H and O–H groups in total. The van der Waals surface area contributed by atoms with Crippen LogP contribution in [0.1, 0.15) is 5.56 Å². The molecule has 1 aromatic rings. The SMILES string of the molecule is [O]CC(O)CNCCc1ccc(O)c(O)c1. The molecule has 5 nitrogen and oxygen atoms in total. The van der Waals surface area contributed by atoms with Gasteiger partial charge in [0.25, 0.3) is 0 Å². The fourth-order valence-electron chi connectivity index (χ4n) is 1.28. The summed E-state index contributed by atoms with van der Waals surface area (Å²) in [5, 5.41) is 40.5. The van der Waals surface area contributed by atoms with Crippen LogP contribution < -0.4 is 5.32 Å². The largest absolute Gasteiger partial charge is 0.504 e. The van der Waals surface area contributed by atoms with E-state index in [-0.39, 0.29) is 18.0 Å². The summed E-state index contributed by atoms with van der Waals surface area (Å²) in [6.07, 6.45) is -0.201. The van der Waals surface area contributed by atoms with Crippen molar-refractivity contribution in [3.05, 3.63) is 23.8 Å². The van der Waals surface area contributed by atoms with Crippen LogP contribution >= 0.6 is 0 Å². The van der Waals surface area contributed by atoms with Gasteiger partial charge in [0.15, 0.2) is 11.5 Å². The van der Waals surface area contributed by atoms with Gasteiger partial charge in [-0.2, -0.15) is 0 Å². The standard InChI is InChI=1S/C11H16NO4/c13-7-9(14)6-12-4-3-8-1-2-10(15)11(16)5-8/h1-2,5,9,12,14-16H,3-4,6-7H2. The number of benzene rings is 1. The summed E-state index contributed by atoms with van der Waals surface area (Å²) >= 11 is 0. The van der Waals surface area contributed by atoms with Crippen molar-refractivity contribution in [3.63, 3.8) is 0 Å². The molecule has 1 aromatic carbocycles. The van der Waals surface area contributed by atoms with Crippen molar-refractivity contribution >= 4 is 0 Å². The molecule has 0 saturated carbocycles. The average Bonchev–Trinajstić information content (AvgIpc) is 2.28.